The van der Waals surface area contributed by atoms with E-state index in [9.17, 15) is 0 Å². The van der Waals surface area contributed by atoms with Crippen LogP contribution >= 0.6 is 11.6 Å². The van der Waals surface area contributed by atoms with Crippen LogP contribution in [0, 0.1) is 0 Å². The Morgan fingerprint density at radius 1 is 0.950 bits per heavy atom. The summed E-state index contributed by atoms with van der Waals surface area (Å²) in [5.74, 6) is 1.42. The molecule has 3 rings (SSSR count). The Morgan fingerprint density at radius 2 is 1.70 bits per heavy atom. The van der Waals surface area contributed by atoms with Crippen molar-refractivity contribution in [1.29, 1.82) is 0 Å². The molecule has 0 aliphatic carbocycles. The highest BCUT2D eigenvalue weighted by atomic mass is 35.5. The van der Waals surface area contributed by atoms with E-state index >= 15 is 0 Å². The molecule has 0 amide bonds. The Kier molecular flexibility index (Phi) is 4.03. The lowest BCUT2D eigenvalue weighted by Crippen LogP contribution is -2.03. The molecule has 0 unspecified atom stereocenters. The number of rotatable bonds is 5. The third-order valence-corrected chi connectivity index (χ3v) is 3.78. The molecule has 1 aromatic heterocycles. The van der Waals surface area contributed by atoms with Crippen LogP contribution in [0.2, 0.25) is 0 Å². The normalized spacial score (nSPS) is 11.1. The second-order valence-corrected chi connectivity index (χ2v) is 5.16. The number of imidazole rings is 1. The van der Waals surface area contributed by atoms with E-state index in [1.165, 1.54) is 11.1 Å². The maximum absolute atomic E-state index is 6.02. The summed E-state index contributed by atoms with van der Waals surface area (Å²) in [7, 11) is 0. The van der Waals surface area contributed by atoms with Crippen molar-refractivity contribution >= 4 is 22.6 Å². The Labute approximate surface area is 124 Å². The fraction of sp³-hybridized carbons (Fsp3) is 0.235. The van der Waals surface area contributed by atoms with E-state index in [0.717, 1.165) is 30.7 Å². The number of alkyl halides is 1. The van der Waals surface area contributed by atoms with E-state index in [2.05, 4.69) is 52.0 Å². The molecule has 0 aliphatic rings. The van der Waals surface area contributed by atoms with Gasteiger partial charge < -0.3 is 4.57 Å². The van der Waals surface area contributed by atoms with Gasteiger partial charge in [-0.2, -0.15) is 0 Å². The smallest absolute Gasteiger partial charge is 0.124 e. The van der Waals surface area contributed by atoms with Crippen molar-refractivity contribution < 1.29 is 0 Å². The van der Waals surface area contributed by atoms with Gasteiger partial charge in [0.15, 0.2) is 0 Å². The fourth-order valence-corrected chi connectivity index (χ4v) is 2.77. The highest BCUT2D eigenvalue weighted by molar-refractivity contribution is 6.16. The third kappa shape index (κ3) is 2.70. The van der Waals surface area contributed by atoms with Crippen LogP contribution in [0.1, 0.15) is 17.8 Å². The predicted molar refractivity (Wildman–Crippen MR) is 84.1 cm³/mol. The first-order valence-electron chi connectivity index (χ1n) is 6.92. The highest BCUT2D eigenvalue weighted by Gasteiger charge is 2.08. The van der Waals surface area contributed by atoms with Gasteiger partial charge in [-0.25, -0.2) is 4.98 Å². The lowest BCUT2D eigenvalue weighted by molar-refractivity contribution is 0.638. The molecule has 0 saturated heterocycles. The first kappa shape index (κ1) is 13.2. The summed E-state index contributed by atoms with van der Waals surface area (Å²) >= 11 is 6.02. The van der Waals surface area contributed by atoms with Gasteiger partial charge in [-0.05, 0) is 30.5 Å². The van der Waals surface area contributed by atoms with Crippen molar-refractivity contribution in [3.05, 3.63) is 66.0 Å². The molecule has 2 aromatic carbocycles. The van der Waals surface area contributed by atoms with Gasteiger partial charge in [-0.3, -0.25) is 0 Å². The minimum Gasteiger partial charge on any atom is -0.327 e. The van der Waals surface area contributed by atoms with Gasteiger partial charge >= 0.3 is 0 Å². The van der Waals surface area contributed by atoms with Crippen LogP contribution in [0.15, 0.2) is 54.6 Å². The van der Waals surface area contributed by atoms with Crippen molar-refractivity contribution in [1.82, 2.24) is 9.55 Å². The predicted octanol–water partition coefficient (Wildman–Crippen LogP) is 4.41. The van der Waals surface area contributed by atoms with E-state index in [0.29, 0.717) is 5.88 Å². The summed E-state index contributed by atoms with van der Waals surface area (Å²) in [6.07, 6.45) is 2.17. The number of aromatic nitrogens is 2. The maximum Gasteiger partial charge on any atom is 0.124 e. The molecule has 0 radical (unpaired) electrons. The molecule has 0 N–H and O–H groups in total. The number of fused-ring (bicyclic) bond motifs is 1. The summed E-state index contributed by atoms with van der Waals surface area (Å²) in [4.78, 5) is 4.59. The van der Waals surface area contributed by atoms with Gasteiger partial charge in [-0.1, -0.05) is 42.5 Å². The van der Waals surface area contributed by atoms with Gasteiger partial charge in [-0.15, -0.1) is 11.6 Å². The zero-order chi connectivity index (χ0) is 13.8. The molecule has 3 heteroatoms. The largest absolute Gasteiger partial charge is 0.327 e. The molecule has 102 valence electrons. The van der Waals surface area contributed by atoms with Crippen molar-refractivity contribution in [2.24, 2.45) is 0 Å². The van der Waals surface area contributed by atoms with E-state index < -0.39 is 0 Å². The molecule has 0 bridgehead atoms. The Balaban J connectivity index is 1.77. The van der Waals surface area contributed by atoms with Crippen LogP contribution in [0.25, 0.3) is 11.0 Å². The lowest BCUT2D eigenvalue weighted by Gasteiger charge is -2.07. The molecule has 0 spiro atoms. The minimum absolute atomic E-state index is 0.458. The SMILES string of the molecule is ClCc1nc2ccccc2n1CCCc1ccccc1. The molecule has 1 heterocycles. The Bertz CT molecular complexity index is 689. The fourth-order valence-electron chi connectivity index (χ4n) is 2.56. The summed E-state index contributed by atoms with van der Waals surface area (Å²) in [6.45, 7) is 0.956. The quantitative estimate of drug-likeness (QED) is 0.635. The second kappa shape index (κ2) is 6.10. The maximum atomic E-state index is 6.02. The standard InChI is InChI=1S/C17H17ClN2/c18-13-17-19-15-10-4-5-11-16(15)20(17)12-6-9-14-7-2-1-3-8-14/h1-5,7-8,10-11H,6,9,12-13H2. The number of halogens is 1. The van der Waals surface area contributed by atoms with E-state index in [4.69, 9.17) is 11.6 Å². The summed E-state index contributed by atoms with van der Waals surface area (Å²) in [5, 5.41) is 0. The summed E-state index contributed by atoms with van der Waals surface area (Å²) in [5.41, 5.74) is 3.59. The number of hydrogen-bond donors (Lipinski definition) is 0. The number of aryl methyl sites for hydroxylation is 2. The number of hydrogen-bond acceptors (Lipinski definition) is 1. The highest BCUT2D eigenvalue weighted by Crippen LogP contribution is 2.18. The van der Waals surface area contributed by atoms with Crippen molar-refractivity contribution in [3.63, 3.8) is 0 Å². The summed E-state index contributed by atoms with van der Waals surface area (Å²) < 4.78 is 2.24. The van der Waals surface area contributed by atoms with Gasteiger partial charge in [0.05, 0.1) is 16.9 Å². The molecule has 0 fully saturated rings. The average Bonchev–Trinajstić information content (AvgIpc) is 2.87. The van der Waals surface area contributed by atoms with Gasteiger partial charge in [0.25, 0.3) is 0 Å². The first-order valence-corrected chi connectivity index (χ1v) is 7.46. The van der Waals surface area contributed by atoms with Crippen LogP contribution < -0.4 is 0 Å². The second-order valence-electron chi connectivity index (χ2n) is 4.89. The van der Waals surface area contributed by atoms with E-state index in [-0.39, 0.29) is 0 Å². The number of para-hydroxylation sites is 2. The first-order chi connectivity index (χ1) is 9.88. The molecular formula is C17H17ClN2. The van der Waals surface area contributed by atoms with Crippen LogP contribution in [0.3, 0.4) is 0 Å². The van der Waals surface area contributed by atoms with Crippen LogP contribution in [-0.4, -0.2) is 9.55 Å². The summed E-state index contributed by atoms with van der Waals surface area (Å²) in [6, 6.07) is 18.8. The van der Waals surface area contributed by atoms with Crippen LogP contribution in [0.5, 0.6) is 0 Å². The average molecular weight is 285 g/mol. The molecule has 3 aromatic rings. The van der Waals surface area contributed by atoms with Crippen molar-refractivity contribution in [2.45, 2.75) is 25.3 Å². The lowest BCUT2D eigenvalue weighted by atomic mass is 10.1. The third-order valence-electron chi connectivity index (χ3n) is 3.54. The van der Waals surface area contributed by atoms with Gasteiger partial charge in [0, 0.05) is 6.54 Å². The number of nitrogens with zero attached hydrogens (tertiary/aromatic N) is 2. The Hall–Kier alpha value is -1.80. The van der Waals surface area contributed by atoms with Gasteiger partial charge in [0.2, 0.25) is 0 Å². The molecular weight excluding hydrogens is 268 g/mol. The molecule has 0 saturated carbocycles. The minimum atomic E-state index is 0.458. The zero-order valence-corrected chi connectivity index (χ0v) is 12.1. The van der Waals surface area contributed by atoms with Crippen LogP contribution in [-0.2, 0) is 18.8 Å². The molecule has 0 atom stereocenters. The topological polar surface area (TPSA) is 17.8 Å². The number of benzene rings is 2. The van der Waals surface area contributed by atoms with E-state index in [1.807, 2.05) is 12.1 Å². The van der Waals surface area contributed by atoms with Gasteiger partial charge in [0.1, 0.15) is 5.82 Å². The molecule has 20 heavy (non-hydrogen) atoms. The monoisotopic (exact) mass is 284 g/mol. The van der Waals surface area contributed by atoms with Crippen molar-refractivity contribution in [3.8, 4) is 0 Å². The van der Waals surface area contributed by atoms with E-state index in [1.54, 1.807) is 0 Å². The van der Waals surface area contributed by atoms with Crippen LogP contribution in [0.4, 0.5) is 0 Å². The van der Waals surface area contributed by atoms with Crippen molar-refractivity contribution in [2.75, 3.05) is 0 Å². The Morgan fingerprint density at radius 3 is 2.50 bits per heavy atom. The molecule has 2 nitrogen and oxygen atoms in total. The zero-order valence-electron chi connectivity index (χ0n) is 11.3. The molecule has 0 aliphatic heterocycles.